The number of ether oxygens (including phenoxy) is 2. The van der Waals surface area contributed by atoms with Gasteiger partial charge in [0.1, 0.15) is 13.2 Å². The third-order valence-corrected chi connectivity index (χ3v) is 6.12. The summed E-state index contributed by atoms with van der Waals surface area (Å²) in [6, 6.07) is 13.8. The van der Waals surface area contributed by atoms with E-state index in [1.165, 1.54) is 0 Å². The van der Waals surface area contributed by atoms with Crippen molar-refractivity contribution in [2.24, 2.45) is 0 Å². The summed E-state index contributed by atoms with van der Waals surface area (Å²) in [6.45, 7) is 5.63. The molecular formula is C25H24ClNO3S. The molecule has 1 aromatic heterocycles. The van der Waals surface area contributed by atoms with E-state index in [0.717, 1.165) is 22.3 Å². The Labute approximate surface area is 191 Å². The highest BCUT2D eigenvalue weighted by molar-refractivity contribution is 7.07. The van der Waals surface area contributed by atoms with Crippen LogP contribution in [0.1, 0.15) is 24.0 Å². The Bertz CT molecular complexity index is 1060. The van der Waals surface area contributed by atoms with Gasteiger partial charge in [-0.15, -0.1) is 6.58 Å². The minimum Gasteiger partial charge on any atom is -0.487 e. The fourth-order valence-electron chi connectivity index (χ4n) is 3.56. The van der Waals surface area contributed by atoms with Crippen molar-refractivity contribution < 1.29 is 14.3 Å². The van der Waals surface area contributed by atoms with Gasteiger partial charge in [0.05, 0.1) is 6.54 Å². The zero-order valence-corrected chi connectivity index (χ0v) is 18.8. The number of allylic oxidation sites excluding steroid dienone is 1. The Morgan fingerprint density at radius 2 is 2.16 bits per heavy atom. The molecule has 0 saturated carbocycles. The average molecular weight is 454 g/mol. The van der Waals surface area contributed by atoms with Crippen LogP contribution in [0.15, 0.2) is 65.9 Å². The number of thiophene rings is 1. The van der Waals surface area contributed by atoms with Gasteiger partial charge in [0, 0.05) is 23.6 Å². The Morgan fingerprint density at radius 1 is 1.26 bits per heavy atom. The lowest BCUT2D eigenvalue weighted by Gasteiger charge is -2.20. The van der Waals surface area contributed by atoms with Crippen molar-refractivity contribution in [2.75, 3.05) is 13.2 Å². The number of nitrogens with zero attached hydrogens (tertiary/aromatic N) is 1. The van der Waals surface area contributed by atoms with Crippen molar-refractivity contribution >= 4 is 28.8 Å². The average Bonchev–Trinajstić information content (AvgIpc) is 3.20. The van der Waals surface area contributed by atoms with Crippen LogP contribution in [0.5, 0.6) is 11.5 Å². The summed E-state index contributed by atoms with van der Waals surface area (Å²) in [5, 5.41) is 4.77. The van der Waals surface area contributed by atoms with E-state index in [4.69, 9.17) is 21.1 Å². The molecule has 4 rings (SSSR count). The molecule has 0 radical (unpaired) electrons. The molecule has 0 fully saturated rings. The minimum atomic E-state index is 0.102. The molecule has 1 aliphatic rings. The number of amides is 1. The quantitative estimate of drug-likeness (QED) is 0.392. The lowest BCUT2D eigenvalue weighted by molar-refractivity contribution is -0.131. The number of halogens is 1. The normalized spacial score (nSPS) is 13.1. The first-order chi connectivity index (χ1) is 15.1. The van der Waals surface area contributed by atoms with E-state index in [-0.39, 0.29) is 5.91 Å². The van der Waals surface area contributed by atoms with Gasteiger partial charge >= 0.3 is 0 Å². The van der Waals surface area contributed by atoms with Gasteiger partial charge < -0.3 is 14.4 Å². The first-order valence-corrected chi connectivity index (χ1v) is 11.5. The maximum Gasteiger partial charge on any atom is 0.223 e. The van der Waals surface area contributed by atoms with Crippen LogP contribution in [-0.2, 0) is 17.9 Å². The first-order valence-electron chi connectivity index (χ1n) is 10.2. The standard InChI is InChI=1S/C25H24ClNO3S/c1-2-3-7-24(28)27-9-10-29-25-21(15-27)12-20(19-5-4-6-22(26)13-19)14-23(25)30-16-18-8-11-31-17-18/h2,4-6,8,11-14,17H,1,3,7,9-10,15-16H2. The van der Waals surface area contributed by atoms with Gasteiger partial charge in [-0.05, 0) is 64.2 Å². The fourth-order valence-corrected chi connectivity index (χ4v) is 4.40. The molecule has 0 unspecified atom stereocenters. The maximum atomic E-state index is 12.7. The summed E-state index contributed by atoms with van der Waals surface area (Å²) in [4.78, 5) is 14.5. The van der Waals surface area contributed by atoms with Crippen LogP contribution in [0.25, 0.3) is 11.1 Å². The fraction of sp³-hybridized carbons (Fsp3) is 0.240. The van der Waals surface area contributed by atoms with Crippen molar-refractivity contribution in [3.8, 4) is 22.6 Å². The summed E-state index contributed by atoms with van der Waals surface area (Å²) < 4.78 is 12.3. The predicted molar refractivity (Wildman–Crippen MR) is 126 cm³/mol. The molecule has 6 heteroatoms. The predicted octanol–water partition coefficient (Wildman–Crippen LogP) is 6.33. The lowest BCUT2D eigenvalue weighted by Crippen LogP contribution is -2.32. The molecule has 2 aromatic carbocycles. The summed E-state index contributed by atoms with van der Waals surface area (Å²) in [7, 11) is 0. The van der Waals surface area contributed by atoms with E-state index >= 15 is 0 Å². The van der Waals surface area contributed by atoms with Crippen molar-refractivity contribution in [3.63, 3.8) is 0 Å². The highest BCUT2D eigenvalue weighted by atomic mass is 35.5. The molecule has 0 bridgehead atoms. The van der Waals surface area contributed by atoms with Crippen LogP contribution in [0.3, 0.4) is 0 Å². The largest absolute Gasteiger partial charge is 0.487 e. The van der Waals surface area contributed by atoms with E-state index in [1.807, 2.05) is 46.7 Å². The summed E-state index contributed by atoms with van der Waals surface area (Å²) >= 11 is 7.87. The zero-order valence-electron chi connectivity index (χ0n) is 17.2. The molecule has 0 atom stereocenters. The van der Waals surface area contributed by atoms with Crippen molar-refractivity contribution in [3.05, 3.63) is 82.0 Å². The van der Waals surface area contributed by atoms with Gasteiger partial charge in [-0.3, -0.25) is 4.79 Å². The maximum absolute atomic E-state index is 12.7. The first kappa shape index (κ1) is 21.5. The van der Waals surface area contributed by atoms with Gasteiger partial charge in [0.15, 0.2) is 11.5 Å². The molecule has 2 heterocycles. The van der Waals surface area contributed by atoms with Crippen LogP contribution in [0.2, 0.25) is 5.02 Å². The Hall–Kier alpha value is -2.76. The summed E-state index contributed by atoms with van der Waals surface area (Å²) in [6.07, 6.45) is 2.89. The van der Waals surface area contributed by atoms with E-state index in [1.54, 1.807) is 17.4 Å². The van der Waals surface area contributed by atoms with Crippen LogP contribution in [0.4, 0.5) is 0 Å². The Morgan fingerprint density at radius 3 is 2.94 bits per heavy atom. The van der Waals surface area contributed by atoms with Gasteiger partial charge in [-0.2, -0.15) is 11.3 Å². The second-order valence-corrected chi connectivity index (χ2v) is 8.60. The van der Waals surface area contributed by atoms with E-state index in [9.17, 15) is 4.79 Å². The Kier molecular flexibility index (Phi) is 6.95. The molecule has 4 nitrogen and oxygen atoms in total. The van der Waals surface area contributed by atoms with Gasteiger partial charge in [-0.1, -0.05) is 29.8 Å². The van der Waals surface area contributed by atoms with E-state index < -0.39 is 0 Å². The molecule has 1 amide bonds. The molecule has 0 saturated heterocycles. The third-order valence-electron chi connectivity index (χ3n) is 5.15. The van der Waals surface area contributed by atoms with Crippen LogP contribution >= 0.6 is 22.9 Å². The summed E-state index contributed by atoms with van der Waals surface area (Å²) in [5.41, 5.74) is 4.01. The third kappa shape index (κ3) is 5.30. The topological polar surface area (TPSA) is 38.8 Å². The summed E-state index contributed by atoms with van der Waals surface area (Å²) in [5.74, 6) is 1.49. The second-order valence-electron chi connectivity index (χ2n) is 7.38. The number of carbonyl (C=O) groups excluding carboxylic acids is 1. The molecule has 0 aliphatic carbocycles. The highest BCUT2D eigenvalue weighted by Gasteiger charge is 2.23. The number of fused-ring (bicyclic) bond motifs is 1. The molecule has 0 spiro atoms. The van der Waals surface area contributed by atoms with Crippen molar-refractivity contribution in [2.45, 2.75) is 26.0 Å². The lowest BCUT2D eigenvalue weighted by atomic mass is 10.0. The molecule has 3 aromatic rings. The minimum absolute atomic E-state index is 0.102. The van der Waals surface area contributed by atoms with Gasteiger partial charge in [0.25, 0.3) is 0 Å². The van der Waals surface area contributed by atoms with Crippen LogP contribution in [0, 0.1) is 0 Å². The van der Waals surface area contributed by atoms with E-state index in [2.05, 4.69) is 18.0 Å². The molecule has 160 valence electrons. The van der Waals surface area contributed by atoms with Crippen LogP contribution in [-0.4, -0.2) is 24.0 Å². The van der Waals surface area contributed by atoms with E-state index in [0.29, 0.717) is 55.7 Å². The smallest absolute Gasteiger partial charge is 0.223 e. The number of hydrogen-bond acceptors (Lipinski definition) is 4. The molecule has 31 heavy (non-hydrogen) atoms. The Balaban J connectivity index is 1.69. The monoisotopic (exact) mass is 453 g/mol. The number of hydrogen-bond donors (Lipinski definition) is 0. The molecule has 1 aliphatic heterocycles. The molecular weight excluding hydrogens is 430 g/mol. The molecule has 0 N–H and O–H groups in total. The van der Waals surface area contributed by atoms with Crippen molar-refractivity contribution in [1.29, 1.82) is 0 Å². The van der Waals surface area contributed by atoms with Crippen molar-refractivity contribution in [1.82, 2.24) is 4.90 Å². The second kappa shape index (κ2) is 10.0. The van der Waals surface area contributed by atoms with Gasteiger partial charge in [-0.25, -0.2) is 0 Å². The highest BCUT2D eigenvalue weighted by Crippen LogP contribution is 2.39. The SMILES string of the molecule is C=CCCC(=O)N1CCOc2c(cc(-c3cccc(Cl)c3)cc2OCc2ccsc2)C1. The zero-order chi connectivity index (χ0) is 21.6. The number of carbonyl (C=O) groups is 1. The van der Waals surface area contributed by atoms with Crippen LogP contribution < -0.4 is 9.47 Å². The van der Waals surface area contributed by atoms with Gasteiger partial charge in [0.2, 0.25) is 5.91 Å². The number of benzene rings is 2. The number of rotatable bonds is 7.